The molecule has 35 heavy (non-hydrogen) atoms. The van der Waals surface area contributed by atoms with E-state index in [1.807, 2.05) is 18.7 Å². The third-order valence-electron chi connectivity index (χ3n) is 8.65. The monoisotopic (exact) mass is 480 g/mol. The molecule has 1 N–H and O–H groups in total. The first-order chi connectivity index (χ1) is 16.8. The van der Waals surface area contributed by atoms with E-state index in [0.717, 1.165) is 25.9 Å². The molecule has 3 fully saturated rings. The number of phenols is 1. The van der Waals surface area contributed by atoms with Gasteiger partial charge in [-0.2, -0.15) is 0 Å². The van der Waals surface area contributed by atoms with Crippen molar-refractivity contribution < 1.29 is 24.2 Å². The van der Waals surface area contributed by atoms with Crippen LogP contribution in [0.3, 0.4) is 0 Å². The summed E-state index contributed by atoms with van der Waals surface area (Å²) >= 11 is 0. The number of ether oxygens (including phenoxy) is 2. The van der Waals surface area contributed by atoms with Crippen LogP contribution in [-0.2, 0) is 4.79 Å². The van der Waals surface area contributed by atoms with Crippen molar-refractivity contribution in [3.05, 3.63) is 29.3 Å². The number of hydrogen-bond acceptors (Lipinski definition) is 6. The lowest BCUT2D eigenvalue weighted by Crippen LogP contribution is -2.60. The fourth-order valence-electron chi connectivity index (χ4n) is 7.31. The first-order valence-corrected chi connectivity index (χ1v) is 13.3. The Morgan fingerprint density at radius 1 is 1.23 bits per heavy atom. The lowest BCUT2D eigenvalue weighted by atomic mass is 9.68. The van der Waals surface area contributed by atoms with E-state index in [1.165, 1.54) is 43.9 Å². The van der Waals surface area contributed by atoms with Crippen LogP contribution in [0.15, 0.2) is 23.8 Å². The van der Waals surface area contributed by atoms with Crippen LogP contribution in [-0.4, -0.2) is 70.5 Å². The number of carbonyl (C=O) groups excluding carboxylic acids is 2. The number of amides is 1. The molecule has 1 aliphatic carbocycles. The molecule has 1 aromatic rings. The van der Waals surface area contributed by atoms with Crippen LogP contribution < -0.4 is 9.47 Å². The topological polar surface area (TPSA) is 79.3 Å². The number of ketones is 1. The van der Waals surface area contributed by atoms with Gasteiger partial charge in [-0.15, -0.1) is 0 Å². The minimum absolute atomic E-state index is 0.0191. The quantitative estimate of drug-likeness (QED) is 0.661. The van der Waals surface area contributed by atoms with Crippen LogP contribution in [0.5, 0.6) is 17.2 Å². The fourth-order valence-corrected chi connectivity index (χ4v) is 7.31. The van der Waals surface area contributed by atoms with Crippen molar-refractivity contribution in [2.24, 2.45) is 11.8 Å². The Kier molecular flexibility index (Phi) is 5.59. The molecule has 1 amide bonds. The summed E-state index contributed by atoms with van der Waals surface area (Å²) in [6.07, 6.45) is 9.92. The molecular weight excluding hydrogens is 444 g/mol. The van der Waals surface area contributed by atoms with E-state index < -0.39 is 5.60 Å². The van der Waals surface area contributed by atoms with Crippen molar-refractivity contribution >= 4 is 11.7 Å². The van der Waals surface area contributed by atoms with Gasteiger partial charge in [-0.25, -0.2) is 0 Å². The van der Waals surface area contributed by atoms with E-state index in [4.69, 9.17) is 9.47 Å². The van der Waals surface area contributed by atoms with Gasteiger partial charge in [0.15, 0.2) is 12.4 Å². The summed E-state index contributed by atoms with van der Waals surface area (Å²) in [5.74, 6) is 1.45. The number of aromatic hydroxyl groups is 1. The predicted octanol–water partition coefficient (Wildman–Crippen LogP) is 3.94. The highest BCUT2D eigenvalue weighted by molar-refractivity contribution is 6.03. The van der Waals surface area contributed by atoms with E-state index in [-0.39, 0.29) is 42.1 Å². The van der Waals surface area contributed by atoms with Crippen LogP contribution in [0.25, 0.3) is 0 Å². The summed E-state index contributed by atoms with van der Waals surface area (Å²) in [6.45, 7) is 6.63. The average Bonchev–Trinajstić information content (AvgIpc) is 2.81. The van der Waals surface area contributed by atoms with Gasteiger partial charge in [0.25, 0.3) is 5.91 Å². The third kappa shape index (κ3) is 4.11. The molecule has 4 aliphatic heterocycles. The number of rotatable bonds is 3. The van der Waals surface area contributed by atoms with E-state index in [1.54, 1.807) is 6.07 Å². The van der Waals surface area contributed by atoms with Gasteiger partial charge in [-0.05, 0) is 64.3 Å². The van der Waals surface area contributed by atoms with E-state index in [0.29, 0.717) is 29.4 Å². The molecule has 0 aromatic heterocycles. The lowest BCUT2D eigenvalue weighted by molar-refractivity contribution is -0.138. The van der Waals surface area contributed by atoms with Gasteiger partial charge < -0.3 is 19.5 Å². The molecule has 5 aliphatic rings. The molecule has 2 bridgehead atoms. The number of carbonyl (C=O) groups is 2. The molecule has 0 saturated carbocycles. The Morgan fingerprint density at radius 2 is 2.09 bits per heavy atom. The number of benzene rings is 1. The van der Waals surface area contributed by atoms with Crippen LogP contribution in [0, 0.1) is 11.8 Å². The number of piperidine rings is 3. The smallest absolute Gasteiger partial charge is 0.261 e. The maximum atomic E-state index is 13.4. The van der Waals surface area contributed by atoms with E-state index >= 15 is 0 Å². The Hall–Kier alpha value is -2.54. The molecule has 7 heteroatoms. The minimum atomic E-state index is -0.645. The molecule has 4 heterocycles. The Bertz CT molecular complexity index is 1080. The fraction of sp³-hybridized carbons (Fsp3) is 0.643. The second kappa shape index (κ2) is 8.54. The van der Waals surface area contributed by atoms with Gasteiger partial charge in [-0.1, -0.05) is 18.1 Å². The molecule has 2 unspecified atom stereocenters. The third-order valence-corrected chi connectivity index (χ3v) is 8.65. The molecule has 6 rings (SSSR count). The summed E-state index contributed by atoms with van der Waals surface area (Å²) in [7, 11) is 0. The van der Waals surface area contributed by atoms with Crippen molar-refractivity contribution in [1.82, 2.24) is 9.80 Å². The van der Waals surface area contributed by atoms with Crippen molar-refractivity contribution in [2.75, 3.05) is 26.2 Å². The van der Waals surface area contributed by atoms with E-state index in [2.05, 4.69) is 11.0 Å². The summed E-state index contributed by atoms with van der Waals surface area (Å²) in [5, 5.41) is 10.5. The first-order valence-electron chi connectivity index (χ1n) is 13.3. The molecule has 1 aromatic carbocycles. The molecule has 0 radical (unpaired) electrons. The SMILES string of the molecule is CC1(C)CC(=O)c2c(O)cc(OCC(=O)N3CCCC4=CC5CC(CN6CCCC[C@H]56)[C@@H]43)cc2O1. The summed E-state index contributed by atoms with van der Waals surface area (Å²) in [4.78, 5) is 30.6. The van der Waals surface area contributed by atoms with Gasteiger partial charge >= 0.3 is 0 Å². The van der Waals surface area contributed by atoms with Crippen LogP contribution in [0.1, 0.15) is 69.2 Å². The Labute approximate surface area is 207 Å². The Morgan fingerprint density at radius 3 is 2.94 bits per heavy atom. The summed E-state index contributed by atoms with van der Waals surface area (Å²) in [6, 6.07) is 3.90. The summed E-state index contributed by atoms with van der Waals surface area (Å²) < 4.78 is 11.8. The van der Waals surface area contributed by atoms with Crippen LogP contribution in [0.4, 0.5) is 0 Å². The zero-order valence-electron chi connectivity index (χ0n) is 20.8. The van der Waals surface area contributed by atoms with Gasteiger partial charge in [0.05, 0.1) is 12.5 Å². The molecule has 188 valence electrons. The van der Waals surface area contributed by atoms with Crippen molar-refractivity contribution in [1.29, 1.82) is 0 Å². The van der Waals surface area contributed by atoms with Gasteiger partial charge in [0.2, 0.25) is 0 Å². The van der Waals surface area contributed by atoms with Crippen molar-refractivity contribution in [3.8, 4) is 17.2 Å². The maximum absolute atomic E-state index is 13.4. The normalized spacial score (nSPS) is 31.4. The standard InChI is InChI=1S/C28H36N2O5/c1-28(2)14-23(32)26-22(31)12-20(13-24(26)35-28)34-16-25(33)30-9-5-6-17-10-18-11-19(27(17)30)15-29-8-4-3-7-21(18)29/h10,12-13,18-19,21,27,31H,3-9,11,14-16H2,1-2H3/t18?,19?,21-,27-/m1/s1. The second-order valence-corrected chi connectivity index (χ2v) is 11.7. The maximum Gasteiger partial charge on any atom is 0.261 e. The number of nitrogens with zero attached hydrogens (tertiary/aromatic N) is 2. The number of likely N-dealkylation sites (tertiary alicyclic amines) is 1. The van der Waals surface area contributed by atoms with E-state index in [9.17, 15) is 14.7 Å². The largest absolute Gasteiger partial charge is 0.507 e. The second-order valence-electron chi connectivity index (χ2n) is 11.7. The minimum Gasteiger partial charge on any atom is -0.507 e. The zero-order chi connectivity index (χ0) is 24.3. The Balaban J connectivity index is 1.18. The van der Waals surface area contributed by atoms with Crippen molar-refractivity contribution in [3.63, 3.8) is 0 Å². The summed E-state index contributed by atoms with van der Waals surface area (Å²) in [5.41, 5.74) is 1.00. The number of phenolic OH excluding ortho intramolecular Hbond substituents is 1. The zero-order valence-corrected chi connectivity index (χ0v) is 20.8. The molecule has 7 nitrogen and oxygen atoms in total. The molecule has 3 saturated heterocycles. The molecular formula is C28H36N2O5. The number of fused-ring (bicyclic) bond motifs is 7. The highest BCUT2D eigenvalue weighted by Crippen LogP contribution is 2.45. The predicted molar refractivity (Wildman–Crippen MR) is 131 cm³/mol. The average molecular weight is 481 g/mol. The highest BCUT2D eigenvalue weighted by Gasteiger charge is 2.47. The molecule has 4 atom stereocenters. The van der Waals surface area contributed by atoms with Gasteiger partial charge in [-0.3, -0.25) is 14.5 Å². The first kappa shape index (κ1) is 22.9. The number of Topliss-reactive ketones (excluding diaryl/α,β-unsaturated/α-hetero) is 1. The van der Waals surface area contributed by atoms with Crippen LogP contribution in [0.2, 0.25) is 0 Å². The highest BCUT2D eigenvalue weighted by atomic mass is 16.5. The lowest BCUT2D eigenvalue weighted by Gasteiger charge is -2.54. The molecule has 0 spiro atoms. The van der Waals surface area contributed by atoms with Crippen molar-refractivity contribution in [2.45, 2.75) is 76.5 Å². The van der Waals surface area contributed by atoms with Gasteiger partial charge in [0, 0.05) is 31.3 Å². The van der Waals surface area contributed by atoms with Gasteiger partial charge in [0.1, 0.15) is 28.4 Å². The van der Waals surface area contributed by atoms with Crippen LogP contribution >= 0.6 is 0 Å². The number of hydrogen-bond donors (Lipinski definition) is 1.